The van der Waals surface area contributed by atoms with Crippen molar-refractivity contribution in [3.63, 3.8) is 0 Å². The monoisotopic (exact) mass is 274 g/mol. The number of ether oxygens (including phenoxy) is 1. The predicted molar refractivity (Wildman–Crippen MR) is 79.2 cm³/mol. The van der Waals surface area contributed by atoms with Gasteiger partial charge in [0.1, 0.15) is 5.75 Å². The van der Waals surface area contributed by atoms with Gasteiger partial charge in [-0.1, -0.05) is 17.3 Å². The summed E-state index contributed by atoms with van der Waals surface area (Å²) in [5.74, 6) is 0.769. The Kier molecular flexibility index (Phi) is 6.05. The molecule has 1 aromatic rings. The fraction of sp³-hybridized carbons (Fsp3) is 0.500. The van der Waals surface area contributed by atoms with Crippen LogP contribution in [0.5, 0.6) is 5.75 Å². The quantitative estimate of drug-likeness (QED) is 0.354. The first-order valence-electron chi connectivity index (χ1n) is 6.81. The summed E-state index contributed by atoms with van der Waals surface area (Å²) in [5, 5.41) is 20.8. The summed E-state index contributed by atoms with van der Waals surface area (Å²) in [6, 6.07) is 9.78. The Morgan fingerprint density at radius 3 is 2.80 bits per heavy atom. The summed E-state index contributed by atoms with van der Waals surface area (Å²) >= 11 is 0. The minimum absolute atomic E-state index is 0.255. The number of benzene rings is 1. The second-order valence-corrected chi connectivity index (χ2v) is 5.51. The maximum Gasteiger partial charge on any atom is 0.119 e. The summed E-state index contributed by atoms with van der Waals surface area (Å²) in [6.07, 6.45) is 2.77. The summed E-state index contributed by atoms with van der Waals surface area (Å²) in [4.78, 5) is 0. The Morgan fingerprint density at radius 1 is 1.40 bits per heavy atom. The molecule has 0 aliphatic heterocycles. The van der Waals surface area contributed by atoms with Crippen LogP contribution in [0.2, 0.25) is 0 Å². The molecule has 0 saturated carbocycles. The molecule has 0 unspecified atom stereocenters. The van der Waals surface area contributed by atoms with E-state index < -0.39 is 0 Å². The van der Waals surface area contributed by atoms with Crippen LogP contribution in [-0.4, -0.2) is 17.5 Å². The lowest BCUT2D eigenvalue weighted by Crippen LogP contribution is -2.08. The van der Waals surface area contributed by atoms with Gasteiger partial charge >= 0.3 is 0 Å². The number of hydrogen-bond donors (Lipinski definition) is 1. The average molecular weight is 274 g/mol. The molecule has 0 aliphatic carbocycles. The van der Waals surface area contributed by atoms with Gasteiger partial charge in [0.05, 0.1) is 23.8 Å². The van der Waals surface area contributed by atoms with Gasteiger partial charge < -0.3 is 9.94 Å². The summed E-state index contributed by atoms with van der Waals surface area (Å²) in [5.41, 5.74) is 1.15. The Morgan fingerprint density at radius 2 is 2.15 bits per heavy atom. The van der Waals surface area contributed by atoms with Crippen LogP contribution in [0.1, 0.15) is 45.6 Å². The molecule has 0 aromatic heterocycles. The number of oxime groups is 1. The number of unbranched alkanes of at least 4 members (excludes halogenated alkanes) is 1. The van der Waals surface area contributed by atoms with Crippen molar-refractivity contribution in [3.05, 3.63) is 29.8 Å². The van der Waals surface area contributed by atoms with E-state index in [0.717, 1.165) is 30.6 Å². The fourth-order valence-corrected chi connectivity index (χ4v) is 1.78. The van der Waals surface area contributed by atoms with Crippen molar-refractivity contribution in [2.75, 3.05) is 6.61 Å². The van der Waals surface area contributed by atoms with Crippen LogP contribution in [0, 0.1) is 16.7 Å². The number of hydrogen-bond acceptors (Lipinski definition) is 4. The summed E-state index contributed by atoms with van der Waals surface area (Å²) in [7, 11) is 0. The van der Waals surface area contributed by atoms with Crippen molar-refractivity contribution in [2.24, 2.45) is 10.6 Å². The Balaban J connectivity index is 2.38. The summed E-state index contributed by atoms with van der Waals surface area (Å²) in [6.45, 7) is 6.27. The molecule has 4 heteroatoms. The number of rotatable bonds is 7. The van der Waals surface area contributed by atoms with E-state index in [0.29, 0.717) is 12.3 Å². The van der Waals surface area contributed by atoms with Crippen LogP contribution in [0.3, 0.4) is 0 Å². The van der Waals surface area contributed by atoms with Gasteiger partial charge in [-0.15, -0.1) is 0 Å². The highest BCUT2D eigenvalue weighted by atomic mass is 16.5. The van der Waals surface area contributed by atoms with Gasteiger partial charge in [0.15, 0.2) is 0 Å². The van der Waals surface area contributed by atoms with E-state index >= 15 is 0 Å². The fourth-order valence-electron chi connectivity index (χ4n) is 1.78. The molecule has 0 atom stereocenters. The minimum Gasteiger partial charge on any atom is -0.494 e. The second-order valence-electron chi connectivity index (χ2n) is 5.51. The van der Waals surface area contributed by atoms with Crippen molar-refractivity contribution in [1.29, 1.82) is 5.26 Å². The molecule has 0 spiro atoms. The van der Waals surface area contributed by atoms with Crippen LogP contribution in [0.25, 0.3) is 0 Å². The SMILES string of the molecule is C/C(=N/O)c1cccc(OCCCCC(C)(C)C#N)c1. The maximum absolute atomic E-state index is 8.92. The van der Waals surface area contributed by atoms with Gasteiger partial charge in [-0.25, -0.2) is 0 Å². The van der Waals surface area contributed by atoms with Crippen LogP contribution in [0.4, 0.5) is 0 Å². The molecule has 1 N–H and O–H groups in total. The lowest BCUT2D eigenvalue weighted by atomic mass is 9.89. The Bertz CT molecular complexity index is 501. The molecule has 0 heterocycles. The van der Waals surface area contributed by atoms with E-state index in [1.807, 2.05) is 38.1 Å². The summed E-state index contributed by atoms with van der Waals surface area (Å²) < 4.78 is 5.67. The first-order valence-corrected chi connectivity index (χ1v) is 6.81. The Hall–Kier alpha value is -2.02. The van der Waals surface area contributed by atoms with Crippen molar-refractivity contribution < 1.29 is 9.94 Å². The predicted octanol–water partition coefficient (Wildman–Crippen LogP) is 3.98. The highest BCUT2D eigenvalue weighted by Crippen LogP contribution is 2.22. The molecule has 0 fully saturated rings. The number of nitriles is 1. The van der Waals surface area contributed by atoms with Crippen molar-refractivity contribution >= 4 is 5.71 Å². The van der Waals surface area contributed by atoms with Crippen LogP contribution >= 0.6 is 0 Å². The Labute approximate surface area is 120 Å². The molecule has 0 bridgehead atoms. The topological polar surface area (TPSA) is 65.6 Å². The van der Waals surface area contributed by atoms with Crippen LogP contribution in [0.15, 0.2) is 29.4 Å². The second kappa shape index (κ2) is 7.54. The molecule has 0 aliphatic rings. The smallest absolute Gasteiger partial charge is 0.119 e. The largest absolute Gasteiger partial charge is 0.494 e. The van der Waals surface area contributed by atoms with E-state index in [9.17, 15) is 0 Å². The molecule has 0 saturated heterocycles. The lowest BCUT2D eigenvalue weighted by Gasteiger charge is -2.14. The maximum atomic E-state index is 8.92. The van der Waals surface area contributed by atoms with Crippen molar-refractivity contribution in [1.82, 2.24) is 0 Å². The third kappa shape index (κ3) is 5.31. The van der Waals surface area contributed by atoms with Gasteiger partial charge in [-0.05, 0) is 52.2 Å². The van der Waals surface area contributed by atoms with Gasteiger partial charge in [0.25, 0.3) is 0 Å². The third-order valence-corrected chi connectivity index (χ3v) is 3.17. The number of nitrogens with zero attached hydrogens (tertiary/aromatic N) is 2. The first kappa shape index (κ1) is 16.0. The van der Waals surface area contributed by atoms with Gasteiger partial charge in [0, 0.05) is 5.56 Å². The lowest BCUT2D eigenvalue weighted by molar-refractivity contribution is 0.295. The van der Waals surface area contributed by atoms with Crippen LogP contribution in [-0.2, 0) is 0 Å². The average Bonchev–Trinajstić information content (AvgIpc) is 2.46. The highest BCUT2D eigenvalue weighted by Gasteiger charge is 2.15. The van der Waals surface area contributed by atoms with Crippen molar-refractivity contribution in [3.8, 4) is 11.8 Å². The van der Waals surface area contributed by atoms with E-state index in [1.165, 1.54) is 0 Å². The normalized spacial score (nSPS) is 12.0. The van der Waals surface area contributed by atoms with E-state index in [-0.39, 0.29) is 5.41 Å². The van der Waals surface area contributed by atoms with Crippen LogP contribution < -0.4 is 4.74 Å². The molecular formula is C16H22N2O2. The van der Waals surface area contributed by atoms with E-state index in [2.05, 4.69) is 11.2 Å². The van der Waals surface area contributed by atoms with E-state index in [4.69, 9.17) is 15.2 Å². The van der Waals surface area contributed by atoms with Crippen molar-refractivity contribution in [2.45, 2.75) is 40.0 Å². The van der Waals surface area contributed by atoms with Gasteiger partial charge in [-0.3, -0.25) is 0 Å². The third-order valence-electron chi connectivity index (χ3n) is 3.17. The molecule has 0 amide bonds. The molecule has 4 nitrogen and oxygen atoms in total. The van der Waals surface area contributed by atoms with Gasteiger partial charge in [-0.2, -0.15) is 5.26 Å². The molecule has 1 aromatic carbocycles. The molecule has 0 radical (unpaired) electrons. The van der Waals surface area contributed by atoms with Gasteiger partial charge in [0.2, 0.25) is 0 Å². The molecular weight excluding hydrogens is 252 g/mol. The standard InChI is InChI=1S/C16H22N2O2/c1-13(18-19)14-7-6-8-15(11-14)20-10-5-4-9-16(2,3)12-17/h6-8,11,19H,4-5,9-10H2,1-3H3/b18-13-. The zero-order valence-corrected chi connectivity index (χ0v) is 12.4. The highest BCUT2D eigenvalue weighted by molar-refractivity contribution is 5.98. The van der Waals surface area contributed by atoms with E-state index in [1.54, 1.807) is 6.92 Å². The molecule has 20 heavy (non-hydrogen) atoms. The molecule has 1 rings (SSSR count). The zero-order chi connectivity index (χ0) is 15.0. The zero-order valence-electron chi connectivity index (χ0n) is 12.4. The minimum atomic E-state index is -0.255. The molecule has 108 valence electrons. The first-order chi connectivity index (χ1) is 9.48.